The highest BCUT2D eigenvalue weighted by atomic mass is 35.5. The minimum atomic E-state index is -4.59. The fraction of sp³-hybridized carbons (Fsp3) is 0.500. The Kier molecular flexibility index (Phi) is 6.91. The molecule has 1 N–H and O–H groups in total. The molecule has 0 aliphatic carbocycles. The number of nitrogens with one attached hydrogen (secondary N) is 1. The van der Waals surface area contributed by atoms with E-state index in [0.29, 0.717) is 18.7 Å². The molecule has 1 unspecified atom stereocenters. The van der Waals surface area contributed by atoms with Crippen molar-refractivity contribution < 1.29 is 22.0 Å². The van der Waals surface area contributed by atoms with E-state index in [0.717, 1.165) is 18.7 Å². The minimum absolute atomic E-state index is 0. The first-order valence-corrected chi connectivity index (χ1v) is 8.47. The number of amides is 1. The molecule has 1 aliphatic rings. The maximum Gasteiger partial charge on any atom is 0.341 e. The maximum atomic E-state index is 12.4. The van der Waals surface area contributed by atoms with E-state index in [4.69, 9.17) is 0 Å². The summed E-state index contributed by atoms with van der Waals surface area (Å²) in [6.07, 6.45) is 0.127. The van der Waals surface area contributed by atoms with Crippen molar-refractivity contribution in [3.05, 3.63) is 29.8 Å². The van der Waals surface area contributed by atoms with E-state index in [1.165, 1.54) is 12.1 Å². The average molecular weight is 369 g/mol. The standard InChI is InChI=1S/C14H18F2N2O3S.ClH/c1-10-9-18(7-6-17-10)13(19)8-11-2-4-12(5-3-11)22(20,21)14(15)16;/h2-5,10,14,17H,6-9H2,1H3;1H. The van der Waals surface area contributed by atoms with Gasteiger partial charge in [0.1, 0.15) is 0 Å². The number of hydrogen-bond donors (Lipinski definition) is 1. The molecule has 1 aromatic carbocycles. The third-order valence-electron chi connectivity index (χ3n) is 3.56. The van der Waals surface area contributed by atoms with Gasteiger partial charge in [-0.1, -0.05) is 12.1 Å². The number of benzene rings is 1. The van der Waals surface area contributed by atoms with Gasteiger partial charge >= 0.3 is 5.76 Å². The van der Waals surface area contributed by atoms with Gasteiger partial charge in [-0.05, 0) is 24.6 Å². The van der Waals surface area contributed by atoms with Crippen molar-refractivity contribution in [3.63, 3.8) is 0 Å². The Morgan fingerprint density at radius 1 is 1.35 bits per heavy atom. The second-order valence-electron chi connectivity index (χ2n) is 5.32. The van der Waals surface area contributed by atoms with Crippen LogP contribution in [0.2, 0.25) is 0 Å². The van der Waals surface area contributed by atoms with Crippen molar-refractivity contribution in [2.24, 2.45) is 0 Å². The van der Waals surface area contributed by atoms with Crippen LogP contribution in [0.15, 0.2) is 29.2 Å². The van der Waals surface area contributed by atoms with Gasteiger partial charge in [0, 0.05) is 25.7 Å². The Balaban J connectivity index is 0.00000264. The lowest BCUT2D eigenvalue weighted by Gasteiger charge is -2.32. The van der Waals surface area contributed by atoms with Crippen molar-refractivity contribution in [2.45, 2.75) is 30.0 Å². The molecule has 0 aromatic heterocycles. The number of halogens is 3. The first kappa shape index (κ1) is 19.8. The van der Waals surface area contributed by atoms with E-state index in [1.807, 2.05) is 6.92 Å². The number of alkyl halides is 2. The molecule has 1 saturated heterocycles. The lowest BCUT2D eigenvalue weighted by atomic mass is 10.1. The Morgan fingerprint density at radius 2 is 1.96 bits per heavy atom. The van der Waals surface area contributed by atoms with Gasteiger partial charge in [-0.3, -0.25) is 4.79 Å². The van der Waals surface area contributed by atoms with E-state index in [9.17, 15) is 22.0 Å². The largest absolute Gasteiger partial charge is 0.341 e. The van der Waals surface area contributed by atoms with E-state index in [1.54, 1.807) is 4.90 Å². The fourth-order valence-electron chi connectivity index (χ4n) is 2.35. The molecule has 1 fully saturated rings. The first-order valence-electron chi connectivity index (χ1n) is 6.93. The van der Waals surface area contributed by atoms with Crippen LogP contribution in [0.4, 0.5) is 8.78 Å². The molecule has 1 aromatic rings. The topological polar surface area (TPSA) is 66.5 Å². The first-order chi connectivity index (χ1) is 10.3. The summed E-state index contributed by atoms with van der Waals surface area (Å²) in [6, 6.07) is 5.27. The second kappa shape index (κ2) is 8.03. The third kappa shape index (κ3) is 4.86. The summed E-state index contributed by atoms with van der Waals surface area (Å²) in [7, 11) is -4.59. The lowest BCUT2D eigenvalue weighted by molar-refractivity contribution is -0.131. The fourth-order valence-corrected chi connectivity index (χ4v) is 3.07. The van der Waals surface area contributed by atoms with Crippen LogP contribution in [0.3, 0.4) is 0 Å². The summed E-state index contributed by atoms with van der Waals surface area (Å²) >= 11 is 0. The van der Waals surface area contributed by atoms with Gasteiger partial charge < -0.3 is 10.2 Å². The molecule has 23 heavy (non-hydrogen) atoms. The normalized spacial score (nSPS) is 18.6. The molecule has 2 rings (SSSR count). The molecule has 1 amide bonds. The van der Waals surface area contributed by atoms with E-state index < -0.39 is 20.5 Å². The molecule has 1 atom stereocenters. The van der Waals surface area contributed by atoms with Crippen molar-refractivity contribution in [2.75, 3.05) is 19.6 Å². The van der Waals surface area contributed by atoms with E-state index in [2.05, 4.69) is 5.32 Å². The quantitative estimate of drug-likeness (QED) is 0.874. The second-order valence-corrected chi connectivity index (χ2v) is 7.24. The molecule has 0 saturated carbocycles. The monoisotopic (exact) mass is 368 g/mol. The SMILES string of the molecule is CC1CN(C(=O)Cc2ccc(S(=O)(=O)C(F)F)cc2)CCN1.Cl. The molecule has 0 radical (unpaired) electrons. The van der Waals surface area contributed by atoms with Crippen LogP contribution in [0.5, 0.6) is 0 Å². The Bertz CT molecular complexity index is 638. The molecule has 5 nitrogen and oxygen atoms in total. The molecule has 1 aliphatic heterocycles. The van der Waals surface area contributed by atoms with E-state index in [-0.39, 0.29) is 30.8 Å². The summed E-state index contributed by atoms with van der Waals surface area (Å²) in [5.74, 6) is -3.50. The zero-order valence-electron chi connectivity index (χ0n) is 12.5. The van der Waals surface area contributed by atoms with Gasteiger partial charge in [-0.15, -0.1) is 12.4 Å². The number of carbonyl (C=O) groups excluding carboxylic acids is 1. The summed E-state index contributed by atoms with van der Waals surface area (Å²) in [5.41, 5.74) is 0.601. The van der Waals surface area contributed by atoms with Gasteiger partial charge in [0.2, 0.25) is 15.7 Å². The Morgan fingerprint density at radius 3 is 2.48 bits per heavy atom. The number of hydrogen-bond acceptors (Lipinski definition) is 4. The summed E-state index contributed by atoms with van der Waals surface area (Å²) in [6.45, 7) is 3.97. The predicted octanol–water partition coefficient (Wildman–Crippen LogP) is 1.47. The van der Waals surface area contributed by atoms with Crippen molar-refractivity contribution in [1.82, 2.24) is 10.2 Å². The highest BCUT2D eigenvalue weighted by molar-refractivity contribution is 7.91. The smallest absolute Gasteiger partial charge is 0.340 e. The van der Waals surface area contributed by atoms with Crippen LogP contribution >= 0.6 is 12.4 Å². The van der Waals surface area contributed by atoms with Crippen LogP contribution in [-0.4, -0.2) is 50.7 Å². The lowest BCUT2D eigenvalue weighted by Crippen LogP contribution is -2.51. The van der Waals surface area contributed by atoms with E-state index >= 15 is 0 Å². The predicted molar refractivity (Wildman–Crippen MR) is 84.6 cm³/mol. The van der Waals surface area contributed by atoms with Crippen LogP contribution in [-0.2, 0) is 21.1 Å². The number of carbonyl (C=O) groups is 1. The molecule has 9 heteroatoms. The van der Waals surface area contributed by atoms with Crippen LogP contribution in [0.25, 0.3) is 0 Å². The molecule has 0 spiro atoms. The molecule has 0 bridgehead atoms. The minimum Gasteiger partial charge on any atom is -0.340 e. The Hall–Kier alpha value is -1.25. The molecular weight excluding hydrogens is 350 g/mol. The number of nitrogens with zero attached hydrogens (tertiary/aromatic N) is 1. The third-order valence-corrected chi connectivity index (χ3v) is 4.96. The van der Waals surface area contributed by atoms with Gasteiger partial charge in [-0.2, -0.15) is 8.78 Å². The summed E-state index contributed by atoms with van der Waals surface area (Å²) in [5, 5.41) is 3.23. The van der Waals surface area contributed by atoms with Crippen LogP contribution in [0, 0.1) is 0 Å². The average Bonchev–Trinajstić information content (AvgIpc) is 2.47. The highest BCUT2D eigenvalue weighted by Crippen LogP contribution is 2.19. The summed E-state index contributed by atoms with van der Waals surface area (Å²) < 4.78 is 47.5. The number of sulfone groups is 1. The highest BCUT2D eigenvalue weighted by Gasteiger charge is 2.26. The zero-order chi connectivity index (χ0) is 16.3. The molecular formula is C14H19ClF2N2O3S. The number of rotatable bonds is 4. The zero-order valence-corrected chi connectivity index (χ0v) is 14.2. The number of piperazine rings is 1. The maximum absolute atomic E-state index is 12.4. The van der Waals surface area contributed by atoms with Gasteiger partial charge in [0.15, 0.2) is 0 Å². The van der Waals surface area contributed by atoms with Gasteiger partial charge in [0.25, 0.3) is 0 Å². The molecule has 1 heterocycles. The molecule has 130 valence electrons. The summed E-state index contributed by atoms with van der Waals surface area (Å²) in [4.78, 5) is 13.5. The Labute approximate surface area is 140 Å². The van der Waals surface area contributed by atoms with Crippen LogP contribution in [0.1, 0.15) is 12.5 Å². The van der Waals surface area contributed by atoms with Crippen molar-refractivity contribution in [1.29, 1.82) is 0 Å². The van der Waals surface area contributed by atoms with Crippen molar-refractivity contribution in [3.8, 4) is 0 Å². The van der Waals surface area contributed by atoms with Gasteiger partial charge in [-0.25, -0.2) is 8.42 Å². The van der Waals surface area contributed by atoms with Crippen molar-refractivity contribution >= 4 is 28.2 Å². The van der Waals surface area contributed by atoms with Gasteiger partial charge in [0.05, 0.1) is 11.3 Å². The van der Waals surface area contributed by atoms with Crippen LogP contribution < -0.4 is 5.32 Å².